The quantitative estimate of drug-likeness (QED) is 0.781. The molecule has 0 saturated heterocycles. The van der Waals surface area contributed by atoms with Gasteiger partial charge in [-0.25, -0.2) is 0 Å². The number of rotatable bonds is 7. The molecule has 0 aromatic heterocycles. The molecule has 2 heteroatoms. The highest BCUT2D eigenvalue weighted by atomic mass is 16.5. The van der Waals surface area contributed by atoms with Gasteiger partial charge in [0, 0.05) is 6.04 Å². The molecule has 0 amide bonds. The first-order valence-electron chi connectivity index (χ1n) is 8.11. The van der Waals surface area contributed by atoms with Crippen molar-refractivity contribution in [2.24, 2.45) is 5.41 Å². The summed E-state index contributed by atoms with van der Waals surface area (Å²) in [6.45, 7) is 17.5. The lowest BCUT2D eigenvalue weighted by atomic mass is 9.72. The summed E-state index contributed by atoms with van der Waals surface area (Å²) in [4.78, 5) is 0. The summed E-state index contributed by atoms with van der Waals surface area (Å²) in [6, 6.07) is 8.99. The average molecular weight is 291 g/mol. The van der Waals surface area contributed by atoms with Gasteiger partial charge in [0.1, 0.15) is 12.4 Å². The molecule has 0 bridgehead atoms. The van der Waals surface area contributed by atoms with E-state index in [1.165, 1.54) is 5.56 Å². The molecule has 0 aliphatic rings. The zero-order valence-electron chi connectivity index (χ0n) is 14.9. The van der Waals surface area contributed by atoms with E-state index in [0.717, 1.165) is 18.7 Å². The molecular formula is C19H33NO. The summed E-state index contributed by atoms with van der Waals surface area (Å²) < 4.78 is 5.83. The highest BCUT2D eigenvalue weighted by molar-refractivity contribution is 5.31. The third-order valence-electron chi connectivity index (χ3n) is 3.66. The Hall–Kier alpha value is -1.02. The molecular weight excluding hydrogens is 258 g/mol. The van der Waals surface area contributed by atoms with Crippen LogP contribution >= 0.6 is 0 Å². The molecule has 0 saturated carbocycles. The van der Waals surface area contributed by atoms with Crippen LogP contribution in [0.4, 0.5) is 0 Å². The summed E-state index contributed by atoms with van der Waals surface area (Å²) in [7, 11) is 0. The summed E-state index contributed by atoms with van der Waals surface area (Å²) in [5, 5.41) is 3.35. The van der Waals surface area contributed by atoms with Crippen LogP contribution in [-0.2, 0) is 5.41 Å². The predicted molar refractivity (Wildman–Crippen MR) is 92.2 cm³/mol. The van der Waals surface area contributed by atoms with E-state index >= 15 is 0 Å². The lowest BCUT2D eigenvalue weighted by Crippen LogP contribution is -2.31. The van der Waals surface area contributed by atoms with E-state index in [1.54, 1.807) is 0 Å². The molecule has 1 rings (SSSR count). The topological polar surface area (TPSA) is 21.3 Å². The Morgan fingerprint density at radius 2 is 1.62 bits per heavy atom. The molecule has 0 aliphatic carbocycles. The molecule has 0 spiro atoms. The third-order valence-corrected chi connectivity index (χ3v) is 3.66. The molecule has 120 valence electrons. The predicted octanol–water partition coefficient (Wildman–Crippen LogP) is 4.78. The van der Waals surface area contributed by atoms with Gasteiger partial charge < -0.3 is 10.1 Å². The Bertz CT molecular complexity index is 414. The Balaban J connectivity index is 2.65. The van der Waals surface area contributed by atoms with E-state index in [9.17, 15) is 0 Å². The largest absolute Gasteiger partial charge is 0.492 e. The molecule has 0 heterocycles. The fraction of sp³-hybridized carbons (Fsp3) is 0.684. The highest BCUT2D eigenvalue weighted by Crippen LogP contribution is 2.36. The maximum absolute atomic E-state index is 5.83. The van der Waals surface area contributed by atoms with Crippen molar-refractivity contribution in [2.45, 2.75) is 66.3 Å². The fourth-order valence-corrected chi connectivity index (χ4v) is 3.06. The van der Waals surface area contributed by atoms with Crippen LogP contribution in [0.1, 0.15) is 60.5 Å². The van der Waals surface area contributed by atoms with Crippen LogP contribution in [0, 0.1) is 5.41 Å². The van der Waals surface area contributed by atoms with Crippen molar-refractivity contribution in [3.8, 4) is 5.75 Å². The second-order valence-electron chi connectivity index (χ2n) is 7.92. The van der Waals surface area contributed by atoms with Crippen LogP contribution < -0.4 is 10.1 Å². The number of hydrogen-bond acceptors (Lipinski definition) is 2. The van der Waals surface area contributed by atoms with Crippen LogP contribution in [0.15, 0.2) is 24.3 Å². The second-order valence-corrected chi connectivity index (χ2v) is 7.92. The van der Waals surface area contributed by atoms with Crippen LogP contribution in [0.2, 0.25) is 0 Å². The zero-order valence-corrected chi connectivity index (χ0v) is 14.9. The van der Waals surface area contributed by atoms with Gasteiger partial charge in [-0.1, -0.05) is 53.7 Å². The molecule has 1 N–H and O–H groups in total. The number of likely N-dealkylation sites (N-methyl/N-ethyl adjacent to an activating group) is 1. The molecule has 0 radical (unpaired) electrons. The molecule has 2 nitrogen and oxygen atoms in total. The number of benzene rings is 1. The van der Waals surface area contributed by atoms with Crippen molar-refractivity contribution in [3.05, 3.63) is 29.8 Å². The lowest BCUT2D eigenvalue weighted by Gasteiger charge is -2.33. The van der Waals surface area contributed by atoms with E-state index in [2.05, 4.69) is 78.0 Å². The maximum atomic E-state index is 5.83. The van der Waals surface area contributed by atoms with Crippen LogP contribution in [0.25, 0.3) is 0 Å². The third kappa shape index (κ3) is 6.52. The zero-order chi connectivity index (χ0) is 16.1. The van der Waals surface area contributed by atoms with Crippen molar-refractivity contribution in [1.29, 1.82) is 0 Å². The van der Waals surface area contributed by atoms with E-state index in [1.807, 2.05) is 0 Å². The van der Waals surface area contributed by atoms with Crippen molar-refractivity contribution < 1.29 is 4.74 Å². The van der Waals surface area contributed by atoms with Gasteiger partial charge in [-0.15, -0.1) is 0 Å². The minimum absolute atomic E-state index is 0.188. The molecule has 1 atom stereocenters. The van der Waals surface area contributed by atoms with Crippen molar-refractivity contribution in [1.82, 2.24) is 5.32 Å². The molecule has 21 heavy (non-hydrogen) atoms. The van der Waals surface area contributed by atoms with Crippen molar-refractivity contribution in [3.63, 3.8) is 0 Å². The maximum Gasteiger partial charge on any atom is 0.119 e. The van der Waals surface area contributed by atoms with E-state index in [0.29, 0.717) is 18.1 Å². The number of hydrogen-bond donors (Lipinski definition) is 1. The van der Waals surface area contributed by atoms with Gasteiger partial charge in [0.15, 0.2) is 0 Å². The van der Waals surface area contributed by atoms with Crippen molar-refractivity contribution in [2.75, 3.05) is 13.2 Å². The SMILES string of the molecule is CCNC(C)COc1ccc(C(C)(C)CC(C)(C)C)cc1. The molecule has 1 unspecified atom stereocenters. The van der Waals surface area contributed by atoms with E-state index < -0.39 is 0 Å². The Labute approximate surface area is 131 Å². The summed E-state index contributed by atoms with van der Waals surface area (Å²) in [6.07, 6.45) is 1.16. The van der Waals surface area contributed by atoms with Gasteiger partial charge in [0.2, 0.25) is 0 Å². The monoisotopic (exact) mass is 291 g/mol. The van der Waals surface area contributed by atoms with Gasteiger partial charge in [0.05, 0.1) is 0 Å². The van der Waals surface area contributed by atoms with Gasteiger partial charge in [-0.05, 0) is 48.4 Å². The van der Waals surface area contributed by atoms with E-state index in [-0.39, 0.29) is 5.41 Å². The average Bonchev–Trinajstić information content (AvgIpc) is 2.34. The Kier molecular flexibility index (Phi) is 6.27. The number of nitrogens with one attached hydrogen (secondary N) is 1. The van der Waals surface area contributed by atoms with Gasteiger partial charge in [-0.2, -0.15) is 0 Å². The van der Waals surface area contributed by atoms with Crippen LogP contribution in [0.5, 0.6) is 5.75 Å². The van der Waals surface area contributed by atoms with Gasteiger partial charge >= 0.3 is 0 Å². The Morgan fingerprint density at radius 3 is 2.10 bits per heavy atom. The molecule has 1 aromatic carbocycles. The lowest BCUT2D eigenvalue weighted by molar-refractivity contribution is 0.273. The summed E-state index contributed by atoms with van der Waals surface area (Å²) in [5.74, 6) is 0.954. The molecule has 0 aliphatic heterocycles. The van der Waals surface area contributed by atoms with Crippen LogP contribution in [-0.4, -0.2) is 19.2 Å². The van der Waals surface area contributed by atoms with Crippen LogP contribution in [0.3, 0.4) is 0 Å². The molecule has 1 aromatic rings. The minimum atomic E-state index is 0.188. The Morgan fingerprint density at radius 1 is 1.05 bits per heavy atom. The first-order valence-corrected chi connectivity index (χ1v) is 8.11. The fourth-order valence-electron chi connectivity index (χ4n) is 3.06. The van der Waals surface area contributed by atoms with E-state index in [4.69, 9.17) is 4.74 Å². The van der Waals surface area contributed by atoms with Gasteiger partial charge in [0.25, 0.3) is 0 Å². The van der Waals surface area contributed by atoms with Gasteiger partial charge in [-0.3, -0.25) is 0 Å². The van der Waals surface area contributed by atoms with Crippen molar-refractivity contribution >= 4 is 0 Å². The highest BCUT2D eigenvalue weighted by Gasteiger charge is 2.27. The second kappa shape index (κ2) is 7.31. The summed E-state index contributed by atoms with van der Waals surface area (Å²) >= 11 is 0. The smallest absolute Gasteiger partial charge is 0.119 e. The number of ether oxygens (including phenoxy) is 1. The first-order chi connectivity index (χ1) is 9.64. The normalized spacial score (nSPS) is 14.0. The molecule has 0 fully saturated rings. The first kappa shape index (κ1) is 18.0. The standard InChI is InChI=1S/C19H33NO/c1-8-20-15(2)13-21-17-11-9-16(10-12-17)19(6,7)14-18(3,4)5/h9-12,15,20H,8,13-14H2,1-7H3. The summed E-state index contributed by atoms with van der Waals surface area (Å²) in [5.41, 5.74) is 1.90. The minimum Gasteiger partial charge on any atom is -0.492 e.